The number of amides is 2. The van der Waals surface area contributed by atoms with Crippen molar-refractivity contribution in [2.45, 2.75) is 18.9 Å². The van der Waals surface area contributed by atoms with Gasteiger partial charge in [0.15, 0.2) is 29.0 Å². The largest absolute Gasteiger partial charge is 0.383 e. The molecule has 2 aromatic heterocycles. The maximum atomic E-state index is 14.1. The number of carbonyl (C=O) groups is 1. The number of nitrogens with one attached hydrogen (secondary N) is 2. The Morgan fingerprint density at radius 1 is 1.18 bits per heavy atom. The van der Waals surface area contributed by atoms with E-state index in [4.69, 9.17) is 20.9 Å². The monoisotopic (exact) mass is 557 g/mol. The molecule has 10 nitrogen and oxygen atoms in total. The number of benzene rings is 2. The molecule has 0 bridgehead atoms. The Morgan fingerprint density at radius 2 is 1.97 bits per heavy atom. The molecule has 0 saturated carbocycles. The van der Waals surface area contributed by atoms with Gasteiger partial charge in [0.25, 0.3) is 5.89 Å². The van der Waals surface area contributed by atoms with Gasteiger partial charge in [-0.3, -0.25) is 10.2 Å². The first-order chi connectivity index (χ1) is 18.8. The summed E-state index contributed by atoms with van der Waals surface area (Å²) < 4.78 is 39.6. The van der Waals surface area contributed by atoms with Crippen molar-refractivity contribution in [1.29, 1.82) is 0 Å². The van der Waals surface area contributed by atoms with Gasteiger partial charge in [-0.15, -0.1) is 0 Å². The number of hydrogen-bond donors (Lipinski definition) is 2. The molecule has 1 aliphatic heterocycles. The summed E-state index contributed by atoms with van der Waals surface area (Å²) in [6.07, 6.45) is 0. The molecule has 0 aliphatic carbocycles. The molecule has 1 saturated heterocycles. The quantitative estimate of drug-likeness (QED) is 0.330. The van der Waals surface area contributed by atoms with Crippen LogP contribution in [0.15, 0.2) is 53.1 Å². The van der Waals surface area contributed by atoms with E-state index in [0.717, 1.165) is 6.07 Å². The second-order valence-corrected chi connectivity index (χ2v) is 9.52. The van der Waals surface area contributed by atoms with Crippen molar-refractivity contribution in [2.24, 2.45) is 0 Å². The second kappa shape index (κ2) is 11.5. The highest BCUT2D eigenvalue weighted by molar-refractivity contribution is 6.35. The Bertz CT molecular complexity index is 1460. The van der Waals surface area contributed by atoms with Crippen molar-refractivity contribution in [3.8, 4) is 17.3 Å². The fourth-order valence-electron chi connectivity index (χ4n) is 4.62. The van der Waals surface area contributed by atoms with Crippen LogP contribution < -0.4 is 10.6 Å². The van der Waals surface area contributed by atoms with Crippen LogP contribution in [0.1, 0.15) is 17.3 Å². The molecule has 2 amide bonds. The molecule has 0 spiro atoms. The number of urea groups is 1. The van der Waals surface area contributed by atoms with E-state index in [-0.39, 0.29) is 28.3 Å². The third-order valence-electron chi connectivity index (χ3n) is 6.49. The van der Waals surface area contributed by atoms with E-state index in [2.05, 4.69) is 30.8 Å². The Hall–Kier alpha value is -3.87. The van der Waals surface area contributed by atoms with E-state index in [9.17, 15) is 13.6 Å². The Labute approximate surface area is 227 Å². The summed E-state index contributed by atoms with van der Waals surface area (Å²) in [5.41, 5.74) is 1.44. The molecule has 39 heavy (non-hydrogen) atoms. The van der Waals surface area contributed by atoms with Crippen LogP contribution in [0.5, 0.6) is 0 Å². The van der Waals surface area contributed by atoms with Gasteiger partial charge in [-0.05, 0) is 36.8 Å². The number of rotatable bonds is 8. The van der Waals surface area contributed by atoms with E-state index in [1.165, 1.54) is 16.8 Å². The number of halogens is 3. The van der Waals surface area contributed by atoms with Gasteiger partial charge in [-0.1, -0.05) is 41.0 Å². The molecule has 2 N–H and O–H groups in total. The Balaban J connectivity index is 1.42. The van der Waals surface area contributed by atoms with Crippen molar-refractivity contribution in [3.05, 3.63) is 76.6 Å². The fraction of sp³-hybridized carbons (Fsp3) is 0.308. The molecule has 2 atom stereocenters. The molecule has 0 radical (unpaired) electrons. The molecule has 0 unspecified atom stereocenters. The number of likely N-dealkylation sites (tertiary alicyclic amines) is 1. The molecule has 4 aromatic rings. The van der Waals surface area contributed by atoms with Crippen LogP contribution >= 0.6 is 11.6 Å². The van der Waals surface area contributed by atoms with E-state index in [0.29, 0.717) is 43.3 Å². The average molecular weight is 558 g/mol. The molecule has 1 aliphatic rings. The SMILES string of the molecule is COCCN1C[C@@H](NC(=O)Nc2c(Cl)c(-c3nc(C)no3)nn2-c2ccccc2)[C@H](c2ccc(F)c(F)c2)C1. The Morgan fingerprint density at radius 3 is 2.67 bits per heavy atom. The van der Waals surface area contributed by atoms with Gasteiger partial charge in [-0.25, -0.2) is 18.3 Å². The molecule has 204 valence electrons. The summed E-state index contributed by atoms with van der Waals surface area (Å²) in [5.74, 6) is -1.43. The van der Waals surface area contributed by atoms with Crippen molar-refractivity contribution in [1.82, 2.24) is 30.1 Å². The normalized spacial score (nSPS) is 17.5. The van der Waals surface area contributed by atoms with Crippen LogP contribution in [0, 0.1) is 18.6 Å². The van der Waals surface area contributed by atoms with E-state index < -0.39 is 23.7 Å². The van der Waals surface area contributed by atoms with Crippen LogP contribution in [-0.2, 0) is 4.74 Å². The highest BCUT2D eigenvalue weighted by atomic mass is 35.5. The topological polar surface area (TPSA) is 110 Å². The lowest BCUT2D eigenvalue weighted by Gasteiger charge is -2.21. The minimum atomic E-state index is -0.937. The van der Waals surface area contributed by atoms with Crippen LogP contribution in [0.2, 0.25) is 5.02 Å². The predicted octanol–water partition coefficient (Wildman–Crippen LogP) is 4.40. The van der Waals surface area contributed by atoms with Gasteiger partial charge < -0.3 is 14.6 Å². The maximum absolute atomic E-state index is 14.1. The highest BCUT2D eigenvalue weighted by Crippen LogP contribution is 2.35. The molecular formula is C26H26ClF2N7O3. The first-order valence-corrected chi connectivity index (χ1v) is 12.6. The van der Waals surface area contributed by atoms with Crippen molar-refractivity contribution in [2.75, 3.05) is 38.7 Å². The number of ether oxygens (including phenoxy) is 1. The lowest BCUT2D eigenvalue weighted by Crippen LogP contribution is -2.42. The number of hydrogen-bond acceptors (Lipinski definition) is 7. The minimum absolute atomic E-state index is 0.110. The predicted molar refractivity (Wildman–Crippen MR) is 140 cm³/mol. The summed E-state index contributed by atoms with van der Waals surface area (Å²) in [6, 6.07) is 12.0. The zero-order chi connectivity index (χ0) is 27.5. The van der Waals surface area contributed by atoms with Gasteiger partial charge in [-0.2, -0.15) is 10.1 Å². The zero-order valence-corrected chi connectivity index (χ0v) is 22.0. The highest BCUT2D eigenvalue weighted by Gasteiger charge is 2.35. The van der Waals surface area contributed by atoms with Gasteiger partial charge in [0, 0.05) is 32.7 Å². The summed E-state index contributed by atoms with van der Waals surface area (Å²) in [6.45, 7) is 3.80. The maximum Gasteiger partial charge on any atom is 0.320 e. The molecular weight excluding hydrogens is 532 g/mol. The fourth-order valence-corrected chi connectivity index (χ4v) is 4.87. The van der Waals surface area contributed by atoms with Gasteiger partial charge in [0.1, 0.15) is 5.02 Å². The Kier molecular flexibility index (Phi) is 7.87. The van der Waals surface area contributed by atoms with Crippen molar-refractivity contribution >= 4 is 23.4 Å². The number of methoxy groups -OCH3 is 1. The van der Waals surface area contributed by atoms with Crippen molar-refractivity contribution < 1.29 is 22.8 Å². The summed E-state index contributed by atoms with van der Waals surface area (Å²) in [7, 11) is 1.61. The number of aromatic nitrogens is 4. The number of carbonyl (C=O) groups excluding carboxylic acids is 1. The van der Waals surface area contributed by atoms with Crippen LogP contribution in [0.4, 0.5) is 19.4 Å². The van der Waals surface area contributed by atoms with Gasteiger partial charge in [0.2, 0.25) is 0 Å². The van der Waals surface area contributed by atoms with E-state index >= 15 is 0 Å². The lowest BCUT2D eigenvalue weighted by molar-refractivity contribution is 0.159. The van der Waals surface area contributed by atoms with Crippen molar-refractivity contribution in [3.63, 3.8) is 0 Å². The number of anilines is 1. The minimum Gasteiger partial charge on any atom is -0.383 e. The molecule has 13 heteroatoms. The van der Waals surface area contributed by atoms with Crippen LogP contribution in [0.25, 0.3) is 17.3 Å². The standard InChI is InChI=1S/C26H26ClF2N7O3/c1-15-30-25(39-34-15)23-22(27)24(36(33-23)17-6-4-3-5-7-17)32-26(37)31-21-14-35(10-11-38-2)13-18(21)16-8-9-19(28)20(29)12-16/h3-9,12,18,21H,10-11,13-14H2,1-2H3,(H2,31,32,37)/t18-,21+/m0/s1. The van der Waals surface area contributed by atoms with Crippen LogP contribution in [0.3, 0.4) is 0 Å². The summed E-state index contributed by atoms with van der Waals surface area (Å²) in [4.78, 5) is 19.6. The molecule has 1 fully saturated rings. The average Bonchev–Trinajstić information content (AvgIpc) is 3.62. The van der Waals surface area contributed by atoms with E-state index in [1.807, 2.05) is 18.2 Å². The number of aryl methyl sites for hydroxylation is 1. The lowest BCUT2D eigenvalue weighted by atomic mass is 9.94. The summed E-state index contributed by atoms with van der Waals surface area (Å²) >= 11 is 6.67. The summed E-state index contributed by atoms with van der Waals surface area (Å²) in [5, 5.41) is 14.2. The molecule has 3 heterocycles. The number of para-hydroxylation sites is 1. The zero-order valence-electron chi connectivity index (χ0n) is 21.2. The molecule has 5 rings (SSSR count). The first-order valence-electron chi connectivity index (χ1n) is 12.2. The number of nitrogens with zero attached hydrogens (tertiary/aromatic N) is 5. The molecule has 2 aromatic carbocycles. The van der Waals surface area contributed by atoms with Crippen LogP contribution in [-0.4, -0.2) is 70.2 Å². The van der Waals surface area contributed by atoms with Gasteiger partial charge in [0.05, 0.1) is 18.3 Å². The van der Waals surface area contributed by atoms with E-state index in [1.54, 1.807) is 26.2 Å². The van der Waals surface area contributed by atoms with Gasteiger partial charge >= 0.3 is 6.03 Å². The smallest absolute Gasteiger partial charge is 0.320 e. The third-order valence-corrected chi connectivity index (χ3v) is 6.84. The second-order valence-electron chi connectivity index (χ2n) is 9.14. The first kappa shape index (κ1) is 26.7. The third kappa shape index (κ3) is 5.77.